The lowest BCUT2D eigenvalue weighted by Gasteiger charge is -1.93. The van der Waals surface area contributed by atoms with E-state index >= 15 is 0 Å². The molecule has 0 atom stereocenters. The Morgan fingerprint density at radius 2 is 2.18 bits per heavy atom. The summed E-state index contributed by atoms with van der Waals surface area (Å²) in [6, 6.07) is 1.50. The number of hydrogen-bond donors (Lipinski definition) is 0. The zero-order chi connectivity index (χ0) is 8.43. The highest BCUT2D eigenvalue weighted by molar-refractivity contribution is 14.1. The van der Waals surface area contributed by atoms with Gasteiger partial charge in [0.1, 0.15) is 0 Å². The van der Waals surface area contributed by atoms with Crippen LogP contribution in [0, 0.1) is 17.4 Å². The fraction of sp³-hybridized carbons (Fsp3) is 0. The van der Waals surface area contributed by atoms with Gasteiger partial charge in [0.2, 0.25) is 0 Å². The van der Waals surface area contributed by atoms with Gasteiger partial charge in [-0.25, -0.2) is 4.98 Å². The molecule has 0 spiro atoms. The molecule has 0 aliphatic heterocycles. The molecule has 0 aliphatic rings. The standard InChI is InChI=1S/C5H2I2N2O2/c6-3-1-4(9(10)11)5(7)8-2-3/h1-2H. The van der Waals surface area contributed by atoms with Crippen LogP contribution in [-0.4, -0.2) is 9.91 Å². The molecule has 0 saturated carbocycles. The molecular weight excluding hydrogens is 374 g/mol. The number of rotatable bonds is 1. The molecule has 1 rings (SSSR count). The summed E-state index contributed by atoms with van der Waals surface area (Å²) in [4.78, 5) is 13.7. The summed E-state index contributed by atoms with van der Waals surface area (Å²) in [6.45, 7) is 0. The molecule has 0 radical (unpaired) electrons. The first kappa shape index (κ1) is 9.10. The van der Waals surface area contributed by atoms with Gasteiger partial charge in [-0.15, -0.1) is 0 Å². The molecule has 0 aromatic carbocycles. The number of pyridine rings is 1. The third-order valence-electron chi connectivity index (χ3n) is 0.984. The molecule has 0 unspecified atom stereocenters. The van der Waals surface area contributed by atoms with Crippen LogP contribution in [0.2, 0.25) is 0 Å². The lowest BCUT2D eigenvalue weighted by atomic mass is 10.4. The summed E-state index contributed by atoms with van der Waals surface area (Å²) in [6.07, 6.45) is 1.59. The van der Waals surface area contributed by atoms with Gasteiger partial charge in [-0.2, -0.15) is 0 Å². The van der Waals surface area contributed by atoms with E-state index in [9.17, 15) is 10.1 Å². The second kappa shape index (κ2) is 3.61. The van der Waals surface area contributed by atoms with Gasteiger partial charge in [0, 0.05) is 15.8 Å². The Morgan fingerprint density at radius 1 is 1.55 bits per heavy atom. The summed E-state index contributed by atoms with van der Waals surface area (Å²) < 4.78 is 1.20. The summed E-state index contributed by atoms with van der Waals surface area (Å²) in [7, 11) is 0. The highest BCUT2D eigenvalue weighted by Gasteiger charge is 2.12. The second-order valence-corrected chi connectivity index (χ2v) is 3.99. The van der Waals surface area contributed by atoms with E-state index in [0.29, 0.717) is 3.70 Å². The molecule has 4 nitrogen and oxygen atoms in total. The summed E-state index contributed by atoms with van der Waals surface area (Å²) in [5.74, 6) is 0. The number of nitrogens with zero attached hydrogens (tertiary/aromatic N) is 2. The number of nitro groups is 1. The van der Waals surface area contributed by atoms with Crippen LogP contribution in [0.3, 0.4) is 0 Å². The smallest absolute Gasteiger partial charge is 0.258 e. The van der Waals surface area contributed by atoms with Gasteiger partial charge in [0.05, 0.1) is 4.92 Å². The van der Waals surface area contributed by atoms with Crippen molar-refractivity contribution in [3.05, 3.63) is 29.6 Å². The van der Waals surface area contributed by atoms with E-state index in [1.165, 1.54) is 6.07 Å². The molecule has 0 fully saturated rings. The predicted molar refractivity (Wildman–Crippen MR) is 56.3 cm³/mol. The van der Waals surface area contributed by atoms with Crippen molar-refractivity contribution in [2.75, 3.05) is 0 Å². The van der Waals surface area contributed by atoms with Crippen molar-refractivity contribution in [3.8, 4) is 0 Å². The number of halogens is 2. The minimum atomic E-state index is -0.434. The van der Waals surface area contributed by atoms with Gasteiger partial charge >= 0.3 is 5.69 Å². The van der Waals surface area contributed by atoms with E-state index in [2.05, 4.69) is 4.98 Å². The van der Waals surface area contributed by atoms with E-state index in [0.717, 1.165) is 3.57 Å². The fourth-order valence-corrected chi connectivity index (χ4v) is 1.47. The quantitative estimate of drug-likeness (QED) is 0.327. The summed E-state index contributed by atoms with van der Waals surface area (Å²) in [5, 5.41) is 10.3. The van der Waals surface area contributed by atoms with E-state index in [4.69, 9.17) is 0 Å². The Balaban J connectivity index is 3.23. The summed E-state index contributed by atoms with van der Waals surface area (Å²) in [5.41, 5.74) is 0.0671. The topological polar surface area (TPSA) is 56.0 Å². The van der Waals surface area contributed by atoms with Gasteiger partial charge in [-0.1, -0.05) is 0 Å². The largest absolute Gasteiger partial charge is 0.302 e. The molecule has 0 saturated heterocycles. The first-order valence-electron chi connectivity index (χ1n) is 2.56. The first-order chi connectivity index (χ1) is 5.11. The van der Waals surface area contributed by atoms with Crippen LogP contribution < -0.4 is 0 Å². The van der Waals surface area contributed by atoms with Crippen molar-refractivity contribution >= 4 is 50.9 Å². The molecular formula is C5H2I2N2O2. The Kier molecular flexibility index (Phi) is 2.98. The van der Waals surface area contributed by atoms with Crippen LogP contribution in [-0.2, 0) is 0 Å². The maximum Gasteiger partial charge on any atom is 0.302 e. The maximum absolute atomic E-state index is 10.3. The summed E-state index contributed by atoms with van der Waals surface area (Å²) >= 11 is 3.82. The first-order valence-corrected chi connectivity index (χ1v) is 4.72. The molecule has 0 N–H and O–H groups in total. The maximum atomic E-state index is 10.3. The van der Waals surface area contributed by atoms with Gasteiger partial charge < -0.3 is 0 Å². The average molecular weight is 376 g/mol. The Morgan fingerprint density at radius 3 is 2.64 bits per heavy atom. The van der Waals surface area contributed by atoms with E-state index in [1.807, 2.05) is 45.2 Å². The van der Waals surface area contributed by atoms with Gasteiger partial charge in [0.25, 0.3) is 0 Å². The lowest BCUT2D eigenvalue weighted by Crippen LogP contribution is -1.94. The molecule has 11 heavy (non-hydrogen) atoms. The lowest BCUT2D eigenvalue weighted by molar-refractivity contribution is -0.386. The van der Waals surface area contributed by atoms with Gasteiger partial charge in [-0.05, 0) is 45.2 Å². The molecule has 58 valence electrons. The molecule has 6 heteroatoms. The minimum absolute atomic E-state index is 0.0671. The monoisotopic (exact) mass is 376 g/mol. The normalized spacial score (nSPS) is 9.64. The van der Waals surface area contributed by atoms with Crippen LogP contribution in [0.5, 0.6) is 0 Å². The second-order valence-electron chi connectivity index (χ2n) is 1.72. The molecule has 1 aromatic rings. The van der Waals surface area contributed by atoms with Crippen LogP contribution >= 0.6 is 45.2 Å². The molecule has 1 heterocycles. The van der Waals surface area contributed by atoms with Crippen LogP contribution in [0.1, 0.15) is 0 Å². The highest BCUT2D eigenvalue weighted by Crippen LogP contribution is 2.19. The van der Waals surface area contributed by atoms with Crippen molar-refractivity contribution in [2.24, 2.45) is 0 Å². The zero-order valence-corrected chi connectivity index (χ0v) is 9.44. The van der Waals surface area contributed by atoms with Crippen LogP contribution in [0.25, 0.3) is 0 Å². The van der Waals surface area contributed by atoms with E-state index < -0.39 is 4.92 Å². The van der Waals surface area contributed by atoms with E-state index in [-0.39, 0.29) is 5.69 Å². The van der Waals surface area contributed by atoms with Crippen molar-refractivity contribution in [3.63, 3.8) is 0 Å². The van der Waals surface area contributed by atoms with Crippen molar-refractivity contribution in [1.82, 2.24) is 4.98 Å². The Bertz CT molecular complexity index is 303. The average Bonchev–Trinajstić information content (AvgIpc) is 1.94. The fourth-order valence-electron chi connectivity index (χ4n) is 0.540. The molecule has 0 bridgehead atoms. The Labute approximate surface area is 89.8 Å². The van der Waals surface area contributed by atoms with Crippen molar-refractivity contribution in [1.29, 1.82) is 0 Å². The molecule has 1 aromatic heterocycles. The zero-order valence-electron chi connectivity index (χ0n) is 5.12. The molecule has 0 aliphatic carbocycles. The van der Waals surface area contributed by atoms with Gasteiger partial charge in [-0.3, -0.25) is 10.1 Å². The van der Waals surface area contributed by atoms with E-state index in [1.54, 1.807) is 6.20 Å². The highest BCUT2D eigenvalue weighted by atomic mass is 127. The third kappa shape index (κ3) is 2.22. The number of aromatic nitrogens is 1. The Hall–Kier alpha value is 0.01000. The van der Waals surface area contributed by atoms with Crippen LogP contribution in [0.4, 0.5) is 5.69 Å². The number of hydrogen-bond acceptors (Lipinski definition) is 3. The predicted octanol–water partition coefficient (Wildman–Crippen LogP) is 2.20. The van der Waals surface area contributed by atoms with Gasteiger partial charge in [0.15, 0.2) is 3.70 Å². The van der Waals surface area contributed by atoms with Crippen molar-refractivity contribution in [2.45, 2.75) is 0 Å². The third-order valence-corrected chi connectivity index (χ3v) is 2.40. The molecule has 0 amide bonds. The SMILES string of the molecule is O=[N+]([O-])c1cc(I)cnc1I. The minimum Gasteiger partial charge on any atom is -0.258 e. The van der Waals surface area contributed by atoms with Crippen molar-refractivity contribution < 1.29 is 4.92 Å². The van der Waals surface area contributed by atoms with Crippen LogP contribution in [0.15, 0.2) is 12.3 Å².